The summed E-state index contributed by atoms with van der Waals surface area (Å²) in [7, 11) is 0. The summed E-state index contributed by atoms with van der Waals surface area (Å²) in [5.41, 5.74) is 2.86. The van der Waals surface area contributed by atoms with Gasteiger partial charge in [-0.25, -0.2) is 0 Å². The molecule has 1 aliphatic carbocycles. The molecule has 2 atom stereocenters. The third-order valence-electron chi connectivity index (χ3n) is 4.09. The van der Waals surface area contributed by atoms with Crippen LogP contribution in [0.1, 0.15) is 36.4 Å². The van der Waals surface area contributed by atoms with E-state index in [9.17, 15) is 0 Å². The Morgan fingerprint density at radius 2 is 2.28 bits per heavy atom. The molecule has 1 aliphatic heterocycles. The smallest absolute Gasteiger partial charge is 0.0506 e. The Bertz CT molecular complexity index is 415. The fourth-order valence-electron chi connectivity index (χ4n) is 3.08. The van der Waals surface area contributed by atoms with Crippen molar-refractivity contribution in [1.29, 1.82) is 0 Å². The minimum atomic E-state index is 0.513. The number of halogens is 1. The molecule has 1 aromatic rings. The highest BCUT2D eigenvalue weighted by molar-refractivity contribution is 6.30. The molecule has 0 bridgehead atoms. The maximum absolute atomic E-state index is 6.03. The van der Waals surface area contributed by atoms with E-state index in [-0.39, 0.29) is 0 Å². The second kappa shape index (κ2) is 5.60. The quantitative estimate of drug-likeness (QED) is 0.905. The Balaban J connectivity index is 1.59. The van der Waals surface area contributed by atoms with E-state index in [1.165, 1.54) is 30.4 Å². The van der Waals surface area contributed by atoms with Crippen LogP contribution in [0.25, 0.3) is 0 Å². The van der Waals surface area contributed by atoms with Gasteiger partial charge in [0.2, 0.25) is 0 Å². The van der Waals surface area contributed by atoms with E-state index in [1.54, 1.807) is 0 Å². The van der Waals surface area contributed by atoms with E-state index >= 15 is 0 Å². The molecule has 2 unspecified atom stereocenters. The Labute approximate surface area is 114 Å². The molecule has 2 nitrogen and oxygen atoms in total. The number of nitrogens with one attached hydrogen (secondary N) is 1. The van der Waals surface area contributed by atoms with Crippen LogP contribution in [0.4, 0.5) is 0 Å². The molecule has 1 heterocycles. The van der Waals surface area contributed by atoms with Crippen molar-refractivity contribution in [2.75, 3.05) is 19.8 Å². The zero-order valence-electron chi connectivity index (χ0n) is 10.6. The fraction of sp³-hybridized carbons (Fsp3) is 0.600. The van der Waals surface area contributed by atoms with Crippen LogP contribution in [0.15, 0.2) is 18.2 Å². The van der Waals surface area contributed by atoms with Crippen molar-refractivity contribution in [1.82, 2.24) is 5.32 Å². The first-order valence-electron chi connectivity index (χ1n) is 6.92. The van der Waals surface area contributed by atoms with Gasteiger partial charge in [-0.3, -0.25) is 0 Å². The van der Waals surface area contributed by atoms with E-state index in [2.05, 4.69) is 17.4 Å². The largest absolute Gasteiger partial charge is 0.381 e. The summed E-state index contributed by atoms with van der Waals surface area (Å²) in [4.78, 5) is 0. The van der Waals surface area contributed by atoms with E-state index in [0.29, 0.717) is 12.0 Å². The average molecular weight is 266 g/mol. The number of ether oxygens (including phenoxy) is 1. The molecule has 3 rings (SSSR count). The molecule has 18 heavy (non-hydrogen) atoms. The zero-order valence-corrected chi connectivity index (χ0v) is 11.4. The van der Waals surface area contributed by atoms with E-state index in [4.69, 9.17) is 16.3 Å². The Hall–Kier alpha value is -0.570. The van der Waals surface area contributed by atoms with Gasteiger partial charge in [-0.05, 0) is 54.9 Å². The van der Waals surface area contributed by atoms with Gasteiger partial charge in [-0.15, -0.1) is 0 Å². The number of aryl methyl sites for hydroxylation is 1. The van der Waals surface area contributed by atoms with Crippen molar-refractivity contribution in [3.63, 3.8) is 0 Å². The molecule has 3 heteroatoms. The minimum Gasteiger partial charge on any atom is -0.381 e. The molecule has 0 radical (unpaired) electrons. The molecule has 1 N–H and O–H groups in total. The molecule has 0 amide bonds. The van der Waals surface area contributed by atoms with Crippen LogP contribution in [0.5, 0.6) is 0 Å². The van der Waals surface area contributed by atoms with Crippen LogP contribution in [-0.2, 0) is 11.2 Å². The molecule has 0 saturated carbocycles. The van der Waals surface area contributed by atoms with Gasteiger partial charge in [0.25, 0.3) is 0 Å². The lowest BCUT2D eigenvalue weighted by Gasteiger charge is -2.24. The minimum absolute atomic E-state index is 0.513. The van der Waals surface area contributed by atoms with Gasteiger partial charge in [-0.2, -0.15) is 0 Å². The van der Waals surface area contributed by atoms with Gasteiger partial charge in [-0.1, -0.05) is 17.7 Å². The van der Waals surface area contributed by atoms with Crippen molar-refractivity contribution >= 4 is 11.6 Å². The highest BCUT2D eigenvalue weighted by atomic mass is 35.5. The number of rotatable bonds is 3. The second-order valence-electron chi connectivity index (χ2n) is 5.43. The number of hydrogen-bond donors (Lipinski definition) is 1. The number of hydrogen-bond acceptors (Lipinski definition) is 2. The monoisotopic (exact) mass is 265 g/mol. The number of benzene rings is 1. The maximum atomic E-state index is 6.03. The highest BCUT2D eigenvalue weighted by Crippen LogP contribution is 2.33. The lowest BCUT2D eigenvalue weighted by Crippen LogP contribution is -2.31. The molecule has 1 saturated heterocycles. The fourth-order valence-corrected chi connectivity index (χ4v) is 3.27. The van der Waals surface area contributed by atoms with Crippen LogP contribution >= 0.6 is 11.6 Å². The van der Waals surface area contributed by atoms with Gasteiger partial charge < -0.3 is 10.1 Å². The summed E-state index contributed by atoms with van der Waals surface area (Å²) in [5.74, 6) is 0.690. The van der Waals surface area contributed by atoms with E-state index in [1.807, 2.05) is 6.07 Å². The van der Waals surface area contributed by atoms with Crippen molar-refractivity contribution in [2.45, 2.75) is 31.7 Å². The third-order valence-corrected chi connectivity index (χ3v) is 4.33. The van der Waals surface area contributed by atoms with Crippen LogP contribution in [0.3, 0.4) is 0 Å². The lowest BCUT2D eigenvalue weighted by molar-refractivity contribution is 0.0538. The molecule has 0 spiro atoms. The van der Waals surface area contributed by atoms with Gasteiger partial charge >= 0.3 is 0 Å². The van der Waals surface area contributed by atoms with Gasteiger partial charge in [0.15, 0.2) is 0 Å². The van der Waals surface area contributed by atoms with Crippen molar-refractivity contribution in [3.05, 3.63) is 34.3 Å². The summed E-state index contributed by atoms with van der Waals surface area (Å²) in [6.07, 6.45) is 4.86. The predicted molar refractivity (Wildman–Crippen MR) is 74.1 cm³/mol. The first kappa shape index (κ1) is 12.5. The summed E-state index contributed by atoms with van der Waals surface area (Å²) >= 11 is 6.03. The Morgan fingerprint density at radius 3 is 3.11 bits per heavy atom. The average Bonchev–Trinajstić information content (AvgIpc) is 2.80. The standard InChI is InChI=1S/C15H20ClNO/c16-13-4-5-14-12(8-13)3-6-15(14)17-9-11-2-1-7-18-10-11/h4-5,8,11,15,17H,1-3,6-7,9-10H2. The molecule has 2 aliphatic rings. The van der Waals surface area contributed by atoms with Crippen molar-refractivity contribution < 1.29 is 4.74 Å². The zero-order chi connectivity index (χ0) is 12.4. The molecule has 1 aromatic carbocycles. The SMILES string of the molecule is Clc1ccc2c(c1)CCC2NCC1CCCOC1. The van der Waals surface area contributed by atoms with Crippen molar-refractivity contribution in [3.8, 4) is 0 Å². The summed E-state index contributed by atoms with van der Waals surface area (Å²) in [5, 5.41) is 4.56. The van der Waals surface area contributed by atoms with Crippen LogP contribution in [0, 0.1) is 5.92 Å². The second-order valence-corrected chi connectivity index (χ2v) is 5.86. The summed E-state index contributed by atoms with van der Waals surface area (Å²) in [6, 6.07) is 6.81. The first-order valence-corrected chi connectivity index (χ1v) is 7.30. The Morgan fingerprint density at radius 1 is 1.33 bits per heavy atom. The maximum Gasteiger partial charge on any atom is 0.0506 e. The first-order chi connectivity index (χ1) is 8.83. The van der Waals surface area contributed by atoms with Crippen LogP contribution < -0.4 is 5.32 Å². The van der Waals surface area contributed by atoms with Crippen LogP contribution in [0.2, 0.25) is 5.02 Å². The van der Waals surface area contributed by atoms with Crippen molar-refractivity contribution in [2.24, 2.45) is 5.92 Å². The van der Waals surface area contributed by atoms with E-state index in [0.717, 1.165) is 31.2 Å². The van der Waals surface area contributed by atoms with Gasteiger partial charge in [0, 0.05) is 24.2 Å². The lowest BCUT2D eigenvalue weighted by atomic mass is 10.0. The summed E-state index contributed by atoms with van der Waals surface area (Å²) < 4.78 is 5.53. The Kier molecular flexibility index (Phi) is 3.88. The molecule has 1 fully saturated rings. The topological polar surface area (TPSA) is 21.3 Å². The predicted octanol–water partition coefficient (Wildman–Crippen LogP) is 3.34. The number of fused-ring (bicyclic) bond motifs is 1. The normalized spacial score (nSPS) is 27.2. The van der Waals surface area contributed by atoms with Gasteiger partial charge in [0.05, 0.1) is 6.61 Å². The molecule has 0 aromatic heterocycles. The highest BCUT2D eigenvalue weighted by Gasteiger charge is 2.23. The summed E-state index contributed by atoms with van der Waals surface area (Å²) in [6.45, 7) is 2.95. The van der Waals surface area contributed by atoms with Crippen LogP contribution in [-0.4, -0.2) is 19.8 Å². The molecular weight excluding hydrogens is 246 g/mol. The molecular formula is C15H20ClNO. The van der Waals surface area contributed by atoms with E-state index < -0.39 is 0 Å². The third kappa shape index (κ3) is 2.71. The van der Waals surface area contributed by atoms with Gasteiger partial charge in [0.1, 0.15) is 0 Å². The molecule has 98 valence electrons.